The standard InChI is InChI=1S/C11H22N2O3/c12-8-3-7(4-8)5-13-6-10-9(14)1-2-11(15)16-10/h7-11,13-15H,1-6,12H2/t7?,8?,9-,10?,11-/m0/s1. The summed E-state index contributed by atoms with van der Waals surface area (Å²) in [6.07, 6.45) is 1.86. The van der Waals surface area contributed by atoms with Crippen LogP contribution in [0.4, 0.5) is 0 Å². The molecule has 1 heterocycles. The summed E-state index contributed by atoms with van der Waals surface area (Å²) in [5.41, 5.74) is 5.70. The van der Waals surface area contributed by atoms with E-state index in [9.17, 15) is 10.2 Å². The molecular weight excluding hydrogens is 208 g/mol. The molecule has 1 saturated heterocycles. The van der Waals surface area contributed by atoms with E-state index >= 15 is 0 Å². The van der Waals surface area contributed by atoms with Crippen molar-refractivity contribution in [1.82, 2.24) is 5.32 Å². The fourth-order valence-electron chi connectivity index (χ4n) is 2.43. The Morgan fingerprint density at radius 2 is 1.94 bits per heavy atom. The minimum Gasteiger partial charge on any atom is -0.390 e. The van der Waals surface area contributed by atoms with E-state index in [0.717, 1.165) is 19.4 Å². The average Bonchev–Trinajstić information content (AvgIpc) is 2.20. The third-order valence-corrected chi connectivity index (χ3v) is 3.52. The van der Waals surface area contributed by atoms with E-state index in [0.29, 0.717) is 31.3 Å². The first-order valence-corrected chi connectivity index (χ1v) is 6.13. The van der Waals surface area contributed by atoms with Crippen LogP contribution in [0.25, 0.3) is 0 Å². The molecule has 1 saturated carbocycles. The van der Waals surface area contributed by atoms with Gasteiger partial charge in [0.25, 0.3) is 0 Å². The Labute approximate surface area is 96.0 Å². The molecule has 2 fully saturated rings. The first-order chi connectivity index (χ1) is 7.65. The monoisotopic (exact) mass is 230 g/mol. The lowest BCUT2D eigenvalue weighted by Crippen LogP contribution is -2.47. The van der Waals surface area contributed by atoms with Crippen molar-refractivity contribution in [3.63, 3.8) is 0 Å². The predicted molar refractivity (Wildman–Crippen MR) is 59.7 cm³/mol. The third kappa shape index (κ3) is 3.15. The van der Waals surface area contributed by atoms with Crippen molar-refractivity contribution in [2.45, 2.75) is 50.2 Å². The number of nitrogens with one attached hydrogen (secondary N) is 1. The van der Waals surface area contributed by atoms with Gasteiger partial charge in [-0.25, -0.2) is 0 Å². The van der Waals surface area contributed by atoms with Gasteiger partial charge in [0.2, 0.25) is 0 Å². The van der Waals surface area contributed by atoms with E-state index in [-0.39, 0.29) is 6.10 Å². The smallest absolute Gasteiger partial charge is 0.155 e. The molecule has 1 unspecified atom stereocenters. The number of aliphatic hydroxyl groups excluding tert-OH is 2. The normalized spacial score (nSPS) is 44.1. The van der Waals surface area contributed by atoms with Crippen molar-refractivity contribution in [3.8, 4) is 0 Å². The van der Waals surface area contributed by atoms with Gasteiger partial charge in [0.1, 0.15) is 0 Å². The van der Waals surface area contributed by atoms with Crippen molar-refractivity contribution in [1.29, 1.82) is 0 Å². The minimum atomic E-state index is -0.715. The summed E-state index contributed by atoms with van der Waals surface area (Å²) in [4.78, 5) is 0. The molecule has 1 aliphatic heterocycles. The second-order valence-electron chi connectivity index (χ2n) is 5.03. The molecule has 5 heteroatoms. The lowest BCUT2D eigenvalue weighted by molar-refractivity contribution is -0.196. The van der Waals surface area contributed by atoms with Gasteiger partial charge in [-0.05, 0) is 31.7 Å². The summed E-state index contributed by atoms with van der Waals surface area (Å²) < 4.78 is 5.27. The zero-order valence-corrected chi connectivity index (χ0v) is 9.51. The lowest BCUT2D eigenvalue weighted by atomic mass is 9.81. The number of hydrogen-bond acceptors (Lipinski definition) is 5. The van der Waals surface area contributed by atoms with E-state index in [1.54, 1.807) is 0 Å². The van der Waals surface area contributed by atoms with E-state index in [1.807, 2.05) is 0 Å². The maximum Gasteiger partial charge on any atom is 0.155 e. The van der Waals surface area contributed by atoms with Gasteiger partial charge in [-0.2, -0.15) is 0 Å². The second-order valence-corrected chi connectivity index (χ2v) is 5.03. The molecule has 2 rings (SSSR count). The summed E-state index contributed by atoms with van der Waals surface area (Å²) in [6, 6.07) is 0.380. The molecule has 0 bridgehead atoms. The van der Waals surface area contributed by atoms with Crippen LogP contribution in [0, 0.1) is 5.92 Å². The van der Waals surface area contributed by atoms with Crippen molar-refractivity contribution in [2.75, 3.05) is 13.1 Å². The summed E-state index contributed by atoms with van der Waals surface area (Å²) in [5.74, 6) is 0.667. The molecule has 0 spiro atoms. The van der Waals surface area contributed by atoms with Crippen LogP contribution in [-0.2, 0) is 4.74 Å². The van der Waals surface area contributed by atoms with Crippen LogP contribution in [0.3, 0.4) is 0 Å². The molecule has 0 radical (unpaired) electrons. The first-order valence-electron chi connectivity index (χ1n) is 6.13. The van der Waals surface area contributed by atoms with Crippen LogP contribution >= 0.6 is 0 Å². The van der Waals surface area contributed by atoms with Crippen LogP contribution in [0.5, 0.6) is 0 Å². The SMILES string of the molecule is NC1CC(CNCC2O[C@H](O)CC[C@@H]2O)C1. The fourth-order valence-corrected chi connectivity index (χ4v) is 2.43. The van der Waals surface area contributed by atoms with Gasteiger partial charge in [0.15, 0.2) is 6.29 Å². The highest BCUT2D eigenvalue weighted by atomic mass is 16.6. The van der Waals surface area contributed by atoms with Crippen LogP contribution < -0.4 is 11.1 Å². The topological polar surface area (TPSA) is 87.7 Å². The largest absolute Gasteiger partial charge is 0.390 e. The zero-order chi connectivity index (χ0) is 11.5. The molecule has 0 aromatic carbocycles. The summed E-state index contributed by atoms with van der Waals surface area (Å²) in [6.45, 7) is 1.53. The Kier molecular flexibility index (Phi) is 4.16. The highest BCUT2D eigenvalue weighted by molar-refractivity contribution is 4.84. The van der Waals surface area contributed by atoms with Gasteiger partial charge in [-0.3, -0.25) is 0 Å². The first kappa shape index (κ1) is 12.3. The van der Waals surface area contributed by atoms with Crippen molar-refractivity contribution < 1.29 is 14.9 Å². The van der Waals surface area contributed by atoms with Gasteiger partial charge >= 0.3 is 0 Å². The third-order valence-electron chi connectivity index (χ3n) is 3.52. The minimum absolute atomic E-state index is 0.280. The van der Waals surface area contributed by atoms with Gasteiger partial charge < -0.3 is 26.0 Å². The molecule has 2 aliphatic rings. The highest BCUT2D eigenvalue weighted by Crippen LogP contribution is 2.24. The van der Waals surface area contributed by atoms with Crippen molar-refractivity contribution in [2.24, 2.45) is 11.7 Å². The number of rotatable bonds is 4. The molecule has 1 aliphatic carbocycles. The van der Waals surface area contributed by atoms with E-state index in [2.05, 4.69) is 5.32 Å². The Hall–Kier alpha value is -0.200. The van der Waals surface area contributed by atoms with Crippen molar-refractivity contribution in [3.05, 3.63) is 0 Å². The van der Waals surface area contributed by atoms with Gasteiger partial charge in [-0.1, -0.05) is 0 Å². The average molecular weight is 230 g/mol. The molecule has 0 aromatic heterocycles. The van der Waals surface area contributed by atoms with Crippen molar-refractivity contribution >= 4 is 0 Å². The predicted octanol–water partition coefficient (Wildman–Crippen LogP) is -0.828. The quantitative estimate of drug-likeness (QED) is 0.506. The molecule has 94 valence electrons. The van der Waals surface area contributed by atoms with Crippen LogP contribution in [0.15, 0.2) is 0 Å². The zero-order valence-electron chi connectivity index (χ0n) is 9.51. The number of hydrogen-bond donors (Lipinski definition) is 4. The van der Waals surface area contributed by atoms with E-state index < -0.39 is 12.4 Å². The van der Waals surface area contributed by atoms with Gasteiger partial charge in [0, 0.05) is 19.0 Å². The summed E-state index contributed by atoms with van der Waals surface area (Å²) in [7, 11) is 0. The Morgan fingerprint density at radius 1 is 1.19 bits per heavy atom. The number of aliphatic hydroxyl groups is 2. The number of ether oxygens (including phenoxy) is 1. The molecular formula is C11H22N2O3. The molecule has 3 atom stereocenters. The van der Waals surface area contributed by atoms with Crippen LogP contribution in [0.2, 0.25) is 0 Å². The van der Waals surface area contributed by atoms with E-state index in [4.69, 9.17) is 10.5 Å². The summed E-state index contributed by atoms with van der Waals surface area (Å²) >= 11 is 0. The summed E-state index contributed by atoms with van der Waals surface area (Å²) in [5, 5.41) is 22.3. The molecule has 0 amide bonds. The van der Waals surface area contributed by atoms with Gasteiger partial charge in [-0.15, -0.1) is 0 Å². The maximum absolute atomic E-state index is 9.67. The molecule has 5 N–H and O–H groups in total. The maximum atomic E-state index is 9.67. The van der Waals surface area contributed by atoms with E-state index in [1.165, 1.54) is 0 Å². The lowest BCUT2D eigenvalue weighted by Gasteiger charge is -2.35. The number of nitrogens with two attached hydrogens (primary N) is 1. The Morgan fingerprint density at radius 3 is 2.62 bits per heavy atom. The Balaban J connectivity index is 1.61. The highest BCUT2D eigenvalue weighted by Gasteiger charge is 2.29. The van der Waals surface area contributed by atoms with Crippen LogP contribution in [-0.4, -0.2) is 47.8 Å². The van der Waals surface area contributed by atoms with Gasteiger partial charge in [0.05, 0.1) is 12.2 Å². The molecule has 16 heavy (non-hydrogen) atoms. The fraction of sp³-hybridized carbons (Fsp3) is 1.00. The molecule has 5 nitrogen and oxygen atoms in total. The Bertz CT molecular complexity index is 221. The van der Waals surface area contributed by atoms with Crippen LogP contribution in [0.1, 0.15) is 25.7 Å². The second kappa shape index (κ2) is 5.42. The molecule has 0 aromatic rings.